The van der Waals surface area contributed by atoms with Crippen molar-refractivity contribution in [2.45, 2.75) is 9.79 Å². The monoisotopic (exact) mass is 387 g/mol. The predicted molar refractivity (Wildman–Crippen MR) is 90.1 cm³/mol. The summed E-state index contributed by atoms with van der Waals surface area (Å²) in [7, 11) is -4.61. The molecule has 1 amide bonds. The van der Waals surface area contributed by atoms with E-state index in [2.05, 4.69) is 14.7 Å². The Kier molecular flexibility index (Phi) is 5.84. The van der Waals surface area contributed by atoms with Gasteiger partial charge in [0, 0.05) is 11.3 Å². The second-order valence-electron chi connectivity index (χ2n) is 4.67. The molecule has 10 nitrogen and oxygen atoms in total. The lowest BCUT2D eigenvalue weighted by Crippen LogP contribution is -2.14. The van der Waals surface area contributed by atoms with Gasteiger partial charge in [-0.05, 0) is 30.3 Å². The summed E-state index contributed by atoms with van der Waals surface area (Å²) in [6, 6.07) is 8.19. The predicted octanol–water partition coefficient (Wildman–Crippen LogP) is 1.78. The Morgan fingerprint density at radius 2 is 1.92 bits per heavy atom. The fraction of sp³-hybridized carbons (Fsp3) is 0. The highest BCUT2D eigenvalue weighted by Crippen LogP contribution is 2.34. The zero-order chi connectivity index (χ0) is 18.6. The molecule has 2 aromatic carbocycles. The highest BCUT2D eigenvalue weighted by molar-refractivity contribution is 7.94. The maximum atomic E-state index is 12.3. The van der Waals surface area contributed by atoms with E-state index in [1.54, 1.807) is 12.1 Å². The third-order valence-electron chi connectivity index (χ3n) is 2.94. The molecule has 2 rings (SSSR count). The maximum Gasteiger partial charge on any atom is 0.296 e. The SMILES string of the molecule is Nc1cccc(C(=O)Nc2cc(N)c(S(=O)(=O)O)cc2SOOO)c1. The second kappa shape index (κ2) is 7.69. The number of hydrogen-bond acceptors (Lipinski definition) is 9. The van der Waals surface area contributed by atoms with Crippen molar-refractivity contribution in [1.29, 1.82) is 0 Å². The number of nitrogen functional groups attached to an aromatic ring is 2. The van der Waals surface area contributed by atoms with Gasteiger partial charge in [-0.2, -0.15) is 8.42 Å². The molecule has 0 aliphatic heterocycles. The van der Waals surface area contributed by atoms with Gasteiger partial charge in [0.2, 0.25) is 0 Å². The molecule has 12 heteroatoms. The summed E-state index contributed by atoms with van der Waals surface area (Å²) >= 11 is 0.384. The van der Waals surface area contributed by atoms with Gasteiger partial charge in [0.15, 0.2) is 0 Å². The van der Waals surface area contributed by atoms with Crippen molar-refractivity contribution in [3.63, 3.8) is 0 Å². The molecule has 134 valence electrons. The van der Waals surface area contributed by atoms with Crippen LogP contribution in [-0.4, -0.2) is 24.1 Å². The summed E-state index contributed by atoms with van der Waals surface area (Å²) in [6.45, 7) is 0. The Hall–Kier alpha value is -2.35. The normalized spacial score (nSPS) is 11.3. The Labute approximate surface area is 146 Å². The van der Waals surface area contributed by atoms with Crippen LogP contribution in [0.15, 0.2) is 46.2 Å². The van der Waals surface area contributed by atoms with Gasteiger partial charge in [-0.1, -0.05) is 11.1 Å². The van der Waals surface area contributed by atoms with E-state index >= 15 is 0 Å². The van der Waals surface area contributed by atoms with E-state index in [1.165, 1.54) is 12.1 Å². The average Bonchev–Trinajstić information content (AvgIpc) is 2.52. The Balaban J connectivity index is 2.41. The highest BCUT2D eigenvalue weighted by Gasteiger charge is 2.20. The van der Waals surface area contributed by atoms with Crippen LogP contribution in [0, 0.1) is 0 Å². The minimum atomic E-state index is -4.61. The Morgan fingerprint density at radius 3 is 2.52 bits per heavy atom. The van der Waals surface area contributed by atoms with E-state index in [0.717, 1.165) is 12.1 Å². The standard InChI is InChI=1S/C13H13N3O7S2/c14-8-3-1-2-7(4-8)13(17)16-10-5-9(15)12(25(19,20)21)6-11(10)24-23-22-18/h1-6,18H,14-15H2,(H,16,17)(H,19,20,21). The molecule has 0 aromatic heterocycles. The van der Waals surface area contributed by atoms with E-state index in [-0.39, 0.29) is 21.8 Å². The number of carbonyl (C=O) groups excluding carboxylic acids is 1. The lowest BCUT2D eigenvalue weighted by atomic mass is 10.2. The van der Waals surface area contributed by atoms with Crippen molar-refractivity contribution < 1.29 is 32.4 Å². The van der Waals surface area contributed by atoms with Crippen molar-refractivity contribution in [3.05, 3.63) is 42.0 Å². The van der Waals surface area contributed by atoms with Crippen LogP contribution in [0.1, 0.15) is 10.4 Å². The molecule has 7 N–H and O–H groups in total. The van der Waals surface area contributed by atoms with Crippen molar-refractivity contribution in [2.75, 3.05) is 16.8 Å². The first kappa shape index (κ1) is 19.0. The molecule has 0 fully saturated rings. The fourth-order valence-corrected chi connectivity index (χ4v) is 3.06. The van der Waals surface area contributed by atoms with Crippen LogP contribution >= 0.6 is 12.0 Å². The number of anilines is 3. The minimum Gasteiger partial charge on any atom is -0.399 e. The van der Waals surface area contributed by atoms with E-state index in [0.29, 0.717) is 17.7 Å². The Bertz CT molecular complexity index is 902. The fourth-order valence-electron chi connectivity index (χ4n) is 1.89. The molecular weight excluding hydrogens is 374 g/mol. The molecule has 0 radical (unpaired) electrons. The van der Waals surface area contributed by atoms with Gasteiger partial charge < -0.3 is 16.8 Å². The van der Waals surface area contributed by atoms with Gasteiger partial charge in [0.05, 0.1) is 28.3 Å². The molecule has 0 spiro atoms. The third kappa shape index (κ3) is 4.82. The summed E-state index contributed by atoms with van der Waals surface area (Å²) < 4.78 is 36.1. The molecule has 0 bridgehead atoms. The minimum absolute atomic E-state index is 0.00636. The van der Waals surface area contributed by atoms with Crippen LogP contribution in [0.4, 0.5) is 17.1 Å². The van der Waals surface area contributed by atoms with Gasteiger partial charge in [0.1, 0.15) is 4.90 Å². The first-order chi connectivity index (χ1) is 11.7. The molecule has 25 heavy (non-hydrogen) atoms. The van der Waals surface area contributed by atoms with E-state index in [9.17, 15) is 13.2 Å². The second-order valence-corrected chi connectivity index (χ2v) is 6.80. The van der Waals surface area contributed by atoms with Gasteiger partial charge in [-0.25, -0.2) is 5.26 Å². The topological polar surface area (TPSA) is 174 Å². The number of nitrogens with one attached hydrogen (secondary N) is 1. The largest absolute Gasteiger partial charge is 0.399 e. The molecule has 0 unspecified atom stereocenters. The summed E-state index contributed by atoms with van der Waals surface area (Å²) in [6.07, 6.45) is 0. The quantitative estimate of drug-likeness (QED) is 0.161. The van der Waals surface area contributed by atoms with Crippen molar-refractivity contribution in [1.82, 2.24) is 0 Å². The van der Waals surface area contributed by atoms with Crippen LogP contribution in [0.3, 0.4) is 0 Å². The number of benzene rings is 2. The third-order valence-corrected chi connectivity index (χ3v) is 4.50. The Morgan fingerprint density at radius 1 is 1.20 bits per heavy atom. The van der Waals surface area contributed by atoms with Gasteiger partial charge in [-0.3, -0.25) is 9.35 Å². The smallest absolute Gasteiger partial charge is 0.296 e. The lowest BCUT2D eigenvalue weighted by Gasteiger charge is -2.13. The van der Waals surface area contributed by atoms with Crippen LogP contribution < -0.4 is 16.8 Å². The molecule has 0 aliphatic rings. The van der Waals surface area contributed by atoms with Crippen molar-refractivity contribution >= 4 is 45.1 Å². The molecule has 2 aromatic rings. The number of nitrogens with two attached hydrogens (primary N) is 2. The van der Waals surface area contributed by atoms with E-state index < -0.39 is 20.9 Å². The number of carbonyl (C=O) groups is 1. The first-order valence-corrected chi connectivity index (χ1v) is 8.63. The van der Waals surface area contributed by atoms with Crippen LogP contribution in [0.2, 0.25) is 0 Å². The van der Waals surface area contributed by atoms with E-state index in [4.69, 9.17) is 21.3 Å². The molecule has 0 atom stereocenters. The van der Waals surface area contributed by atoms with Crippen LogP contribution in [-0.2, 0) is 19.5 Å². The van der Waals surface area contributed by atoms with Crippen molar-refractivity contribution in [3.8, 4) is 0 Å². The van der Waals surface area contributed by atoms with Crippen molar-refractivity contribution in [2.24, 2.45) is 0 Å². The summed E-state index contributed by atoms with van der Waals surface area (Å²) in [4.78, 5) is 11.7. The first-order valence-electron chi connectivity index (χ1n) is 6.45. The molecular formula is C13H13N3O7S2. The molecule has 0 saturated heterocycles. The van der Waals surface area contributed by atoms with Gasteiger partial charge >= 0.3 is 0 Å². The molecule has 0 saturated carbocycles. The number of rotatable bonds is 6. The highest BCUT2D eigenvalue weighted by atomic mass is 32.2. The molecule has 0 heterocycles. The summed E-state index contributed by atoms with van der Waals surface area (Å²) in [5.41, 5.74) is 11.6. The van der Waals surface area contributed by atoms with Gasteiger partial charge in [0.25, 0.3) is 16.0 Å². The van der Waals surface area contributed by atoms with E-state index in [1.807, 2.05) is 0 Å². The summed E-state index contributed by atoms with van der Waals surface area (Å²) in [5.74, 6) is -0.557. The maximum absolute atomic E-state index is 12.3. The van der Waals surface area contributed by atoms with Crippen LogP contribution in [0.25, 0.3) is 0 Å². The molecule has 0 aliphatic carbocycles. The number of hydrogen-bond donors (Lipinski definition) is 5. The summed E-state index contributed by atoms with van der Waals surface area (Å²) in [5, 5.41) is 14.2. The van der Waals surface area contributed by atoms with Crippen LogP contribution in [0.5, 0.6) is 0 Å². The zero-order valence-corrected chi connectivity index (χ0v) is 14.0. The number of amides is 1. The lowest BCUT2D eigenvalue weighted by molar-refractivity contribution is -0.432. The average molecular weight is 387 g/mol. The zero-order valence-electron chi connectivity index (χ0n) is 12.4. The van der Waals surface area contributed by atoms with Gasteiger partial charge in [-0.15, -0.1) is 4.33 Å².